The number of methoxy groups -OCH3 is 2. The Labute approximate surface area is 137 Å². The van der Waals surface area contributed by atoms with E-state index >= 15 is 0 Å². The number of aromatic nitrogens is 2. The predicted octanol–water partition coefficient (Wildman–Crippen LogP) is 2.95. The van der Waals surface area contributed by atoms with Gasteiger partial charge in [-0.05, 0) is 42.9 Å². The molecule has 1 aliphatic heterocycles. The summed E-state index contributed by atoms with van der Waals surface area (Å²) in [6.45, 7) is 1.98. The molecule has 1 aromatic carbocycles. The average molecular weight is 313 g/mol. The molecule has 122 valence electrons. The van der Waals surface area contributed by atoms with Gasteiger partial charge in [0.05, 0.1) is 14.2 Å². The van der Waals surface area contributed by atoms with E-state index in [9.17, 15) is 0 Å². The van der Waals surface area contributed by atoms with Gasteiger partial charge in [-0.25, -0.2) is 4.98 Å². The van der Waals surface area contributed by atoms with Crippen molar-refractivity contribution in [3.8, 4) is 11.6 Å². The number of nitrogens with zero attached hydrogens (tertiary/aromatic N) is 3. The van der Waals surface area contributed by atoms with E-state index in [1.165, 1.54) is 5.56 Å². The van der Waals surface area contributed by atoms with Crippen molar-refractivity contribution in [1.82, 2.24) is 9.97 Å². The summed E-state index contributed by atoms with van der Waals surface area (Å²) in [5.41, 5.74) is 1.35. The van der Waals surface area contributed by atoms with E-state index < -0.39 is 0 Å². The molecule has 23 heavy (non-hydrogen) atoms. The van der Waals surface area contributed by atoms with Gasteiger partial charge in [0.15, 0.2) is 0 Å². The topological polar surface area (TPSA) is 47.5 Å². The normalized spacial score (nSPS) is 15.5. The molecule has 0 radical (unpaired) electrons. The van der Waals surface area contributed by atoms with E-state index in [-0.39, 0.29) is 0 Å². The Hall–Kier alpha value is -2.30. The molecule has 2 aromatic rings. The van der Waals surface area contributed by atoms with Crippen molar-refractivity contribution in [1.29, 1.82) is 0 Å². The van der Waals surface area contributed by atoms with Gasteiger partial charge in [0, 0.05) is 25.4 Å². The highest BCUT2D eigenvalue weighted by atomic mass is 16.5. The van der Waals surface area contributed by atoms with Crippen molar-refractivity contribution < 1.29 is 9.47 Å². The third-order valence-electron chi connectivity index (χ3n) is 4.38. The molecule has 3 rings (SSSR count). The zero-order valence-corrected chi connectivity index (χ0v) is 13.7. The highest BCUT2D eigenvalue weighted by Gasteiger charge is 2.21. The molecule has 1 aromatic heterocycles. The fourth-order valence-corrected chi connectivity index (χ4v) is 3.07. The molecule has 0 aliphatic carbocycles. The number of hydrogen-bond donors (Lipinski definition) is 0. The standard InChI is InChI=1S/C18H23N3O2/c1-22-16-5-3-4-15(13-16)12-14-7-10-21(11-8-14)18-19-9-6-17(20-18)23-2/h3-6,9,13-14H,7-8,10-12H2,1-2H3. The monoisotopic (exact) mass is 313 g/mol. The van der Waals surface area contributed by atoms with Crippen molar-refractivity contribution in [2.75, 3.05) is 32.2 Å². The Morgan fingerprint density at radius 3 is 2.70 bits per heavy atom. The highest BCUT2D eigenvalue weighted by molar-refractivity contribution is 5.33. The Kier molecular flexibility index (Phi) is 4.95. The van der Waals surface area contributed by atoms with Crippen LogP contribution in [-0.2, 0) is 6.42 Å². The van der Waals surface area contributed by atoms with Crippen LogP contribution in [0.2, 0.25) is 0 Å². The van der Waals surface area contributed by atoms with E-state index in [0.29, 0.717) is 11.8 Å². The van der Waals surface area contributed by atoms with Gasteiger partial charge < -0.3 is 14.4 Å². The van der Waals surface area contributed by atoms with Crippen LogP contribution in [0.5, 0.6) is 11.6 Å². The number of ether oxygens (including phenoxy) is 2. The maximum absolute atomic E-state index is 5.30. The van der Waals surface area contributed by atoms with Crippen LogP contribution < -0.4 is 14.4 Å². The van der Waals surface area contributed by atoms with Gasteiger partial charge in [-0.15, -0.1) is 0 Å². The molecule has 0 saturated carbocycles. The summed E-state index contributed by atoms with van der Waals surface area (Å²) < 4.78 is 10.5. The molecule has 0 spiro atoms. The van der Waals surface area contributed by atoms with E-state index in [1.54, 1.807) is 26.5 Å². The third kappa shape index (κ3) is 3.92. The van der Waals surface area contributed by atoms with Gasteiger partial charge >= 0.3 is 0 Å². The number of piperidine rings is 1. The Bertz CT molecular complexity index is 640. The molecule has 0 bridgehead atoms. The summed E-state index contributed by atoms with van der Waals surface area (Å²) in [6, 6.07) is 10.1. The zero-order chi connectivity index (χ0) is 16.1. The van der Waals surface area contributed by atoms with E-state index in [1.807, 2.05) is 6.07 Å². The SMILES string of the molecule is COc1cccc(CC2CCN(c3nccc(OC)n3)CC2)c1. The average Bonchev–Trinajstić information content (AvgIpc) is 2.62. The molecule has 5 nitrogen and oxygen atoms in total. The molecule has 0 N–H and O–H groups in total. The largest absolute Gasteiger partial charge is 0.497 e. The lowest BCUT2D eigenvalue weighted by atomic mass is 9.90. The van der Waals surface area contributed by atoms with Crippen LogP contribution in [0.4, 0.5) is 5.95 Å². The minimum Gasteiger partial charge on any atom is -0.497 e. The lowest BCUT2D eigenvalue weighted by Gasteiger charge is -2.32. The Morgan fingerprint density at radius 2 is 1.96 bits per heavy atom. The number of rotatable bonds is 5. The molecule has 2 heterocycles. The first-order valence-corrected chi connectivity index (χ1v) is 8.03. The summed E-state index contributed by atoms with van der Waals surface area (Å²) in [6.07, 6.45) is 5.16. The summed E-state index contributed by atoms with van der Waals surface area (Å²) in [4.78, 5) is 11.0. The predicted molar refractivity (Wildman–Crippen MR) is 90.2 cm³/mol. The van der Waals surface area contributed by atoms with E-state index in [4.69, 9.17) is 9.47 Å². The van der Waals surface area contributed by atoms with Gasteiger partial charge in [-0.2, -0.15) is 4.98 Å². The first-order valence-electron chi connectivity index (χ1n) is 8.03. The van der Waals surface area contributed by atoms with Gasteiger partial charge in [0.2, 0.25) is 11.8 Å². The van der Waals surface area contributed by atoms with Crippen molar-refractivity contribution in [3.05, 3.63) is 42.1 Å². The third-order valence-corrected chi connectivity index (χ3v) is 4.38. The van der Waals surface area contributed by atoms with Crippen molar-refractivity contribution >= 4 is 5.95 Å². The Balaban J connectivity index is 1.57. The van der Waals surface area contributed by atoms with Crippen LogP contribution in [0, 0.1) is 5.92 Å². The second-order valence-corrected chi connectivity index (χ2v) is 5.89. The second kappa shape index (κ2) is 7.31. The summed E-state index contributed by atoms with van der Waals surface area (Å²) in [5, 5.41) is 0. The van der Waals surface area contributed by atoms with Crippen LogP contribution >= 0.6 is 0 Å². The highest BCUT2D eigenvalue weighted by Crippen LogP contribution is 2.25. The van der Waals surface area contributed by atoms with Crippen LogP contribution in [0.3, 0.4) is 0 Å². The molecule has 1 saturated heterocycles. The summed E-state index contributed by atoms with van der Waals surface area (Å²) >= 11 is 0. The summed E-state index contributed by atoms with van der Waals surface area (Å²) in [5.74, 6) is 3.02. The van der Waals surface area contributed by atoms with Crippen LogP contribution in [-0.4, -0.2) is 37.3 Å². The molecule has 1 aliphatic rings. The quantitative estimate of drug-likeness (QED) is 0.849. The van der Waals surface area contributed by atoms with E-state index in [0.717, 1.165) is 44.0 Å². The number of anilines is 1. The van der Waals surface area contributed by atoms with Crippen molar-refractivity contribution in [3.63, 3.8) is 0 Å². The van der Waals surface area contributed by atoms with Crippen LogP contribution in [0.1, 0.15) is 18.4 Å². The maximum atomic E-state index is 5.30. The van der Waals surface area contributed by atoms with Gasteiger partial charge in [0.1, 0.15) is 5.75 Å². The smallest absolute Gasteiger partial charge is 0.228 e. The minimum atomic E-state index is 0.619. The van der Waals surface area contributed by atoms with Gasteiger partial charge in [-0.3, -0.25) is 0 Å². The first kappa shape index (κ1) is 15.6. The minimum absolute atomic E-state index is 0.619. The fraction of sp³-hybridized carbons (Fsp3) is 0.444. The summed E-state index contributed by atoms with van der Waals surface area (Å²) in [7, 11) is 3.35. The fourth-order valence-electron chi connectivity index (χ4n) is 3.07. The van der Waals surface area contributed by atoms with Crippen molar-refractivity contribution in [2.24, 2.45) is 5.92 Å². The van der Waals surface area contributed by atoms with Crippen LogP contribution in [0.15, 0.2) is 36.5 Å². The number of benzene rings is 1. The van der Waals surface area contributed by atoms with E-state index in [2.05, 4.69) is 33.1 Å². The molecule has 5 heteroatoms. The van der Waals surface area contributed by atoms with Crippen molar-refractivity contribution in [2.45, 2.75) is 19.3 Å². The molecule has 1 fully saturated rings. The molecule has 0 unspecified atom stereocenters. The van der Waals surface area contributed by atoms with Gasteiger partial charge in [0.25, 0.3) is 0 Å². The molecule has 0 atom stereocenters. The molecular formula is C18H23N3O2. The second-order valence-electron chi connectivity index (χ2n) is 5.89. The maximum Gasteiger partial charge on any atom is 0.228 e. The first-order chi connectivity index (χ1) is 11.3. The van der Waals surface area contributed by atoms with Gasteiger partial charge in [-0.1, -0.05) is 12.1 Å². The van der Waals surface area contributed by atoms with Crippen LogP contribution in [0.25, 0.3) is 0 Å². The molecular weight excluding hydrogens is 290 g/mol. The Morgan fingerprint density at radius 1 is 1.13 bits per heavy atom. The zero-order valence-electron chi connectivity index (χ0n) is 13.7. The lowest BCUT2D eigenvalue weighted by Crippen LogP contribution is -2.35. The lowest BCUT2D eigenvalue weighted by molar-refractivity contribution is 0.386. The molecule has 0 amide bonds. The number of hydrogen-bond acceptors (Lipinski definition) is 5.